The molecule has 30 heavy (non-hydrogen) atoms. The molecule has 0 unspecified atom stereocenters. The van der Waals surface area contributed by atoms with Crippen molar-refractivity contribution in [2.45, 2.75) is 33.2 Å². The summed E-state index contributed by atoms with van der Waals surface area (Å²) in [7, 11) is 0. The van der Waals surface area contributed by atoms with Gasteiger partial charge in [0.05, 0.1) is 6.61 Å². The van der Waals surface area contributed by atoms with Crippen molar-refractivity contribution in [2.75, 3.05) is 13.2 Å². The third-order valence-corrected chi connectivity index (χ3v) is 5.03. The second-order valence-corrected chi connectivity index (χ2v) is 7.55. The van der Waals surface area contributed by atoms with Crippen LogP contribution in [0.4, 0.5) is 0 Å². The second-order valence-electron chi connectivity index (χ2n) is 7.55. The summed E-state index contributed by atoms with van der Waals surface area (Å²) < 4.78 is 5.40. The molecule has 0 saturated carbocycles. The van der Waals surface area contributed by atoms with Gasteiger partial charge in [0.15, 0.2) is 0 Å². The number of ether oxygens (including phenoxy) is 1. The third kappa shape index (κ3) is 5.20. The van der Waals surface area contributed by atoms with Gasteiger partial charge in [0, 0.05) is 29.2 Å². The summed E-state index contributed by atoms with van der Waals surface area (Å²) in [5.74, 6) is 0.224. The molecule has 0 fully saturated rings. The summed E-state index contributed by atoms with van der Waals surface area (Å²) in [6.45, 7) is 6.82. The smallest absolute Gasteiger partial charge is 0.251 e. The fraction of sp³-hybridized carbons (Fsp3) is 0.333. The van der Waals surface area contributed by atoms with E-state index in [4.69, 9.17) is 4.74 Å². The molecule has 6 heteroatoms. The van der Waals surface area contributed by atoms with Crippen LogP contribution in [0.1, 0.15) is 36.7 Å². The second kappa shape index (κ2) is 9.96. The first-order valence-corrected chi connectivity index (χ1v) is 10.4. The number of rotatable bonds is 9. The van der Waals surface area contributed by atoms with Gasteiger partial charge in [0.2, 0.25) is 5.91 Å². The van der Waals surface area contributed by atoms with Crippen molar-refractivity contribution in [1.29, 1.82) is 0 Å². The van der Waals surface area contributed by atoms with Crippen LogP contribution in [-0.2, 0) is 11.2 Å². The van der Waals surface area contributed by atoms with Crippen LogP contribution in [0.2, 0.25) is 0 Å². The predicted octanol–water partition coefficient (Wildman–Crippen LogP) is 3.68. The maximum atomic E-state index is 12.7. The molecule has 0 aliphatic heterocycles. The van der Waals surface area contributed by atoms with Crippen LogP contribution in [0.3, 0.4) is 0 Å². The Kier molecular flexibility index (Phi) is 7.12. The first kappa shape index (κ1) is 21.4. The Hall–Kier alpha value is -3.28. The predicted molar refractivity (Wildman–Crippen MR) is 119 cm³/mol. The summed E-state index contributed by atoms with van der Waals surface area (Å²) in [4.78, 5) is 28.6. The first-order valence-electron chi connectivity index (χ1n) is 10.4. The van der Waals surface area contributed by atoms with Crippen molar-refractivity contribution < 1.29 is 14.3 Å². The fourth-order valence-electron chi connectivity index (χ4n) is 3.40. The van der Waals surface area contributed by atoms with Crippen LogP contribution in [0.15, 0.2) is 54.7 Å². The minimum absolute atomic E-state index is 0.0373. The van der Waals surface area contributed by atoms with Crippen molar-refractivity contribution in [3.05, 3.63) is 65.9 Å². The van der Waals surface area contributed by atoms with Crippen molar-refractivity contribution in [1.82, 2.24) is 15.6 Å². The number of carbonyl (C=O) groups excluding carboxylic acids is 2. The van der Waals surface area contributed by atoms with E-state index in [1.807, 2.05) is 45.2 Å². The standard InChI is InChI=1S/C24H29N3O3/c1-4-30-19-11-9-17(10-12-19)23(28)27-22(16(2)3)24(29)25-14-13-18-15-26-21-8-6-5-7-20(18)21/h5-12,15-16,22,26H,4,13-14H2,1-3H3,(H,25,29)(H,27,28)/t22-/m0/s1. The minimum atomic E-state index is -0.605. The number of fused-ring (bicyclic) bond motifs is 1. The maximum absolute atomic E-state index is 12.7. The summed E-state index contributed by atoms with van der Waals surface area (Å²) >= 11 is 0. The lowest BCUT2D eigenvalue weighted by atomic mass is 10.0. The largest absolute Gasteiger partial charge is 0.494 e. The van der Waals surface area contributed by atoms with Crippen LogP contribution < -0.4 is 15.4 Å². The first-order chi connectivity index (χ1) is 14.5. The molecular weight excluding hydrogens is 378 g/mol. The van der Waals surface area contributed by atoms with Gasteiger partial charge in [-0.15, -0.1) is 0 Å². The third-order valence-electron chi connectivity index (χ3n) is 5.03. The summed E-state index contributed by atoms with van der Waals surface area (Å²) in [6, 6.07) is 14.4. The molecule has 0 bridgehead atoms. The Labute approximate surface area is 177 Å². The van der Waals surface area contributed by atoms with E-state index in [9.17, 15) is 9.59 Å². The van der Waals surface area contributed by atoms with Gasteiger partial charge in [-0.25, -0.2) is 0 Å². The molecule has 0 radical (unpaired) electrons. The number of aromatic nitrogens is 1. The number of H-pyrrole nitrogens is 1. The van der Waals surface area contributed by atoms with Crippen LogP contribution in [-0.4, -0.2) is 36.0 Å². The zero-order chi connectivity index (χ0) is 21.5. The molecule has 2 aromatic carbocycles. The summed E-state index contributed by atoms with van der Waals surface area (Å²) in [6.07, 6.45) is 2.69. The maximum Gasteiger partial charge on any atom is 0.251 e. The number of para-hydroxylation sites is 1. The number of nitrogens with one attached hydrogen (secondary N) is 3. The van der Waals surface area contributed by atoms with Gasteiger partial charge in [-0.05, 0) is 55.2 Å². The molecule has 1 heterocycles. The average molecular weight is 408 g/mol. The van der Waals surface area contributed by atoms with Gasteiger partial charge in [0.1, 0.15) is 11.8 Å². The van der Waals surface area contributed by atoms with Gasteiger partial charge in [0.25, 0.3) is 5.91 Å². The van der Waals surface area contributed by atoms with E-state index in [1.165, 1.54) is 0 Å². The molecule has 1 aromatic heterocycles. The molecule has 0 aliphatic rings. The average Bonchev–Trinajstić information content (AvgIpc) is 3.15. The topological polar surface area (TPSA) is 83.2 Å². The lowest BCUT2D eigenvalue weighted by molar-refractivity contribution is -0.123. The molecule has 3 aromatic rings. The molecule has 158 valence electrons. The number of aromatic amines is 1. The molecular formula is C24H29N3O3. The minimum Gasteiger partial charge on any atom is -0.494 e. The van der Waals surface area contributed by atoms with Gasteiger partial charge in [-0.3, -0.25) is 9.59 Å². The van der Waals surface area contributed by atoms with Crippen LogP contribution in [0.25, 0.3) is 10.9 Å². The highest BCUT2D eigenvalue weighted by molar-refractivity contribution is 5.97. The highest BCUT2D eigenvalue weighted by Crippen LogP contribution is 2.18. The Morgan fingerprint density at radius 1 is 1.07 bits per heavy atom. The summed E-state index contributed by atoms with van der Waals surface area (Å²) in [5, 5.41) is 6.98. The molecule has 0 saturated heterocycles. The van der Waals surface area contributed by atoms with Crippen molar-refractivity contribution in [2.24, 2.45) is 5.92 Å². The Morgan fingerprint density at radius 2 is 1.80 bits per heavy atom. The van der Waals surface area contributed by atoms with E-state index >= 15 is 0 Å². The zero-order valence-corrected chi connectivity index (χ0v) is 17.7. The lowest BCUT2D eigenvalue weighted by Gasteiger charge is -2.22. The quantitative estimate of drug-likeness (QED) is 0.506. The molecule has 1 atom stereocenters. The monoisotopic (exact) mass is 407 g/mol. The van der Waals surface area contributed by atoms with Crippen LogP contribution in [0, 0.1) is 5.92 Å². The zero-order valence-electron chi connectivity index (χ0n) is 17.7. The number of carbonyl (C=O) groups is 2. The van der Waals surface area contributed by atoms with E-state index in [2.05, 4.69) is 21.7 Å². The normalized spacial score (nSPS) is 12.0. The van der Waals surface area contributed by atoms with Crippen LogP contribution >= 0.6 is 0 Å². The van der Waals surface area contributed by atoms with Gasteiger partial charge < -0.3 is 20.4 Å². The summed E-state index contributed by atoms with van der Waals surface area (Å²) in [5.41, 5.74) is 2.74. The van der Waals surface area contributed by atoms with Crippen molar-refractivity contribution in [3.8, 4) is 5.75 Å². The molecule has 0 spiro atoms. The van der Waals surface area contributed by atoms with Gasteiger partial charge in [-0.1, -0.05) is 32.0 Å². The number of amides is 2. The highest BCUT2D eigenvalue weighted by Gasteiger charge is 2.24. The van der Waals surface area contributed by atoms with Crippen molar-refractivity contribution >= 4 is 22.7 Å². The van der Waals surface area contributed by atoms with Gasteiger partial charge in [-0.2, -0.15) is 0 Å². The molecule has 3 N–H and O–H groups in total. The SMILES string of the molecule is CCOc1ccc(C(=O)N[C@H](C(=O)NCCc2c[nH]c3ccccc23)C(C)C)cc1. The van der Waals surface area contributed by atoms with E-state index in [0.29, 0.717) is 30.9 Å². The number of benzene rings is 2. The molecule has 2 amide bonds. The molecule has 3 rings (SSSR count). The highest BCUT2D eigenvalue weighted by atomic mass is 16.5. The number of hydrogen-bond acceptors (Lipinski definition) is 3. The molecule has 6 nitrogen and oxygen atoms in total. The van der Waals surface area contributed by atoms with E-state index in [-0.39, 0.29) is 17.7 Å². The van der Waals surface area contributed by atoms with E-state index < -0.39 is 6.04 Å². The lowest BCUT2D eigenvalue weighted by Crippen LogP contribution is -2.50. The Morgan fingerprint density at radius 3 is 2.50 bits per heavy atom. The Bertz CT molecular complexity index is 992. The molecule has 0 aliphatic carbocycles. The van der Waals surface area contributed by atoms with Crippen molar-refractivity contribution in [3.63, 3.8) is 0 Å². The Balaban J connectivity index is 1.57. The van der Waals surface area contributed by atoms with E-state index in [0.717, 1.165) is 16.5 Å². The fourth-order valence-corrected chi connectivity index (χ4v) is 3.40. The van der Waals surface area contributed by atoms with Gasteiger partial charge >= 0.3 is 0 Å². The number of hydrogen-bond donors (Lipinski definition) is 3. The van der Waals surface area contributed by atoms with Crippen LogP contribution in [0.5, 0.6) is 5.75 Å². The van der Waals surface area contributed by atoms with E-state index in [1.54, 1.807) is 24.3 Å².